The van der Waals surface area contributed by atoms with Crippen LogP contribution in [0.2, 0.25) is 0 Å². The van der Waals surface area contributed by atoms with E-state index in [4.69, 9.17) is 5.11 Å². The van der Waals surface area contributed by atoms with Crippen molar-refractivity contribution in [1.29, 1.82) is 0 Å². The van der Waals surface area contributed by atoms with Gasteiger partial charge in [0, 0.05) is 24.9 Å². The Bertz CT molecular complexity index is 569. The lowest BCUT2D eigenvalue weighted by atomic mass is 10.3. The Kier molecular flexibility index (Phi) is 5.20. The zero-order valence-electron chi connectivity index (χ0n) is 11.2. The maximum atomic E-state index is 11.8. The lowest BCUT2D eigenvalue weighted by Crippen LogP contribution is -2.12. The third-order valence-corrected chi connectivity index (χ3v) is 3.87. The number of imidazole rings is 1. The Hall–Kier alpha value is -1.79. The summed E-state index contributed by atoms with van der Waals surface area (Å²) in [5, 5.41) is 12.7. The van der Waals surface area contributed by atoms with Gasteiger partial charge in [0.1, 0.15) is 0 Å². The summed E-state index contributed by atoms with van der Waals surface area (Å²) in [5.74, 6) is 0.634. The summed E-state index contributed by atoms with van der Waals surface area (Å²) >= 11 is 1.50. The number of nitrogens with one attached hydrogen (secondary N) is 1. The molecule has 2 N–H and O–H groups in total. The Morgan fingerprint density at radius 1 is 1.40 bits per heavy atom. The SMILES string of the molecule is Cn1c(CO)cnc1SCCC(=O)Nc1ccccc1. The molecule has 2 aromatic rings. The first-order valence-electron chi connectivity index (χ1n) is 6.30. The molecule has 6 heteroatoms. The standard InChI is InChI=1S/C14H17N3O2S/c1-17-12(10-18)9-15-14(17)20-8-7-13(19)16-11-5-3-2-4-6-11/h2-6,9,18H,7-8,10H2,1H3,(H,16,19). The molecule has 106 valence electrons. The van der Waals surface area contributed by atoms with Crippen LogP contribution >= 0.6 is 11.8 Å². The predicted octanol–water partition coefficient (Wildman–Crippen LogP) is 2.03. The summed E-state index contributed by atoms with van der Waals surface area (Å²) in [4.78, 5) is 16.0. The van der Waals surface area contributed by atoms with Crippen molar-refractivity contribution in [1.82, 2.24) is 9.55 Å². The maximum absolute atomic E-state index is 11.8. The minimum absolute atomic E-state index is 0.0136. The molecular weight excluding hydrogens is 274 g/mol. The van der Waals surface area contributed by atoms with Gasteiger partial charge in [0.05, 0.1) is 18.5 Å². The molecule has 0 saturated carbocycles. The normalized spacial score (nSPS) is 10.5. The van der Waals surface area contributed by atoms with Crippen LogP contribution in [0.5, 0.6) is 0 Å². The van der Waals surface area contributed by atoms with Crippen molar-refractivity contribution >= 4 is 23.4 Å². The average molecular weight is 291 g/mol. The number of aliphatic hydroxyl groups is 1. The number of amides is 1. The van der Waals surface area contributed by atoms with Gasteiger partial charge in [0.15, 0.2) is 5.16 Å². The van der Waals surface area contributed by atoms with Gasteiger partial charge >= 0.3 is 0 Å². The molecule has 5 nitrogen and oxygen atoms in total. The van der Waals surface area contributed by atoms with Crippen molar-refractivity contribution in [2.75, 3.05) is 11.1 Å². The molecule has 0 atom stereocenters. The van der Waals surface area contributed by atoms with Crippen LogP contribution in [-0.2, 0) is 18.4 Å². The van der Waals surface area contributed by atoms with Crippen molar-refractivity contribution in [3.8, 4) is 0 Å². The number of hydrogen-bond acceptors (Lipinski definition) is 4. The fraction of sp³-hybridized carbons (Fsp3) is 0.286. The summed E-state index contributed by atoms with van der Waals surface area (Å²) in [5.41, 5.74) is 1.57. The molecule has 0 saturated heterocycles. The van der Waals surface area contributed by atoms with Crippen molar-refractivity contribution in [3.05, 3.63) is 42.2 Å². The van der Waals surface area contributed by atoms with E-state index in [-0.39, 0.29) is 12.5 Å². The first-order chi connectivity index (χ1) is 9.70. The molecule has 1 heterocycles. The van der Waals surface area contributed by atoms with Crippen molar-refractivity contribution in [2.24, 2.45) is 7.05 Å². The number of carbonyl (C=O) groups excluding carboxylic acids is 1. The third kappa shape index (κ3) is 3.85. The Morgan fingerprint density at radius 2 is 2.15 bits per heavy atom. The number of hydrogen-bond donors (Lipinski definition) is 2. The van der Waals surface area contributed by atoms with E-state index in [1.807, 2.05) is 41.9 Å². The number of carbonyl (C=O) groups is 1. The highest BCUT2D eigenvalue weighted by Crippen LogP contribution is 2.18. The second-order valence-electron chi connectivity index (χ2n) is 4.26. The molecule has 0 aliphatic carbocycles. The smallest absolute Gasteiger partial charge is 0.225 e. The van der Waals surface area contributed by atoms with E-state index in [0.29, 0.717) is 12.2 Å². The number of aliphatic hydroxyl groups excluding tert-OH is 1. The number of aromatic nitrogens is 2. The van der Waals surface area contributed by atoms with E-state index < -0.39 is 0 Å². The van der Waals surface area contributed by atoms with Gasteiger partial charge in [-0.25, -0.2) is 4.98 Å². The van der Waals surface area contributed by atoms with Crippen LogP contribution in [0.1, 0.15) is 12.1 Å². The number of anilines is 1. The number of para-hydroxylation sites is 1. The molecule has 2 rings (SSSR count). The second-order valence-corrected chi connectivity index (χ2v) is 5.32. The molecule has 0 spiro atoms. The topological polar surface area (TPSA) is 67.1 Å². The quantitative estimate of drug-likeness (QED) is 0.799. The van der Waals surface area contributed by atoms with E-state index in [2.05, 4.69) is 10.3 Å². The van der Waals surface area contributed by atoms with Gasteiger partial charge in [-0.05, 0) is 12.1 Å². The van der Waals surface area contributed by atoms with E-state index in [1.165, 1.54) is 11.8 Å². The molecule has 0 unspecified atom stereocenters. The van der Waals surface area contributed by atoms with Gasteiger partial charge in [-0.2, -0.15) is 0 Å². The van der Waals surface area contributed by atoms with Crippen LogP contribution in [0, 0.1) is 0 Å². The van der Waals surface area contributed by atoms with Crippen LogP contribution in [-0.4, -0.2) is 26.3 Å². The summed E-state index contributed by atoms with van der Waals surface area (Å²) in [6, 6.07) is 9.39. The van der Waals surface area contributed by atoms with Gasteiger partial charge in [0.25, 0.3) is 0 Å². The lowest BCUT2D eigenvalue weighted by Gasteiger charge is -2.05. The minimum Gasteiger partial charge on any atom is -0.390 e. The minimum atomic E-state index is -0.0292. The van der Waals surface area contributed by atoms with Crippen LogP contribution in [0.25, 0.3) is 0 Å². The van der Waals surface area contributed by atoms with E-state index in [1.54, 1.807) is 6.20 Å². The highest BCUT2D eigenvalue weighted by molar-refractivity contribution is 7.99. The lowest BCUT2D eigenvalue weighted by molar-refractivity contribution is -0.115. The van der Waals surface area contributed by atoms with Crippen LogP contribution in [0.3, 0.4) is 0 Å². The predicted molar refractivity (Wildman–Crippen MR) is 79.5 cm³/mol. The van der Waals surface area contributed by atoms with Gasteiger partial charge in [0.2, 0.25) is 5.91 Å². The summed E-state index contributed by atoms with van der Waals surface area (Å²) in [6.45, 7) is -0.0292. The Balaban J connectivity index is 1.78. The highest BCUT2D eigenvalue weighted by Gasteiger charge is 2.08. The molecule has 0 bridgehead atoms. The van der Waals surface area contributed by atoms with Crippen LogP contribution in [0.4, 0.5) is 5.69 Å². The number of thioether (sulfide) groups is 1. The Labute approximate surface area is 122 Å². The van der Waals surface area contributed by atoms with Crippen molar-refractivity contribution < 1.29 is 9.90 Å². The number of rotatable bonds is 6. The van der Waals surface area contributed by atoms with Gasteiger partial charge < -0.3 is 15.0 Å². The second kappa shape index (κ2) is 7.12. The molecule has 1 aromatic heterocycles. The van der Waals surface area contributed by atoms with Gasteiger partial charge in [-0.3, -0.25) is 4.79 Å². The third-order valence-electron chi connectivity index (χ3n) is 2.82. The molecule has 0 fully saturated rings. The first-order valence-corrected chi connectivity index (χ1v) is 7.28. The van der Waals surface area contributed by atoms with Crippen LogP contribution in [0.15, 0.2) is 41.7 Å². The molecule has 1 amide bonds. The number of benzene rings is 1. The maximum Gasteiger partial charge on any atom is 0.225 e. The van der Waals surface area contributed by atoms with Crippen LogP contribution < -0.4 is 5.32 Å². The Morgan fingerprint density at radius 3 is 2.80 bits per heavy atom. The molecule has 0 aliphatic heterocycles. The number of nitrogens with zero attached hydrogens (tertiary/aromatic N) is 2. The summed E-state index contributed by atoms with van der Waals surface area (Å²) < 4.78 is 1.83. The summed E-state index contributed by atoms with van der Waals surface area (Å²) in [6.07, 6.45) is 2.06. The van der Waals surface area contributed by atoms with Crippen molar-refractivity contribution in [2.45, 2.75) is 18.2 Å². The molecule has 20 heavy (non-hydrogen) atoms. The average Bonchev–Trinajstić information content (AvgIpc) is 2.81. The molecule has 0 radical (unpaired) electrons. The van der Waals surface area contributed by atoms with Gasteiger partial charge in [-0.1, -0.05) is 30.0 Å². The zero-order valence-corrected chi connectivity index (χ0v) is 12.1. The highest BCUT2D eigenvalue weighted by atomic mass is 32.2. The molecule has 0 aliphatic rings. The fourth-order valence-electron chi connectivity index (χ4n) is 1.69. The van der Waals surface area contributed by atoms with E-state index >= 15 is 0 Å². The first kappa shape index (κ1) is 14.6. The van der Waals surface area contributed by atoms with Gasteiger partial charge in [-0.15, -0.1) is 0 Å². The van der Waals surface area contributed by atoms with Crippen molar-refractivity contribution in [3.63, 3.8) is 0 Å². The molecule has 1 aromatic carbocycles. The fourth-order valence-corrected chi connectivity index (χ4v) is 2.59. The van der Waals surface area contributed by atoms with E-state index in [9.17, 15) is 4.79 Å². The largest absolute Gasteiger partial charge is 0.390 e. The molecular formula is C14H17N3O2S. The monoisotopic (exact) mass is 291 g/mol. The van der Waals surface area contributed by atoms with E-state index in [0.717, 1.165) is 16.5 Å². The summed E-state index contributed by atoms with van der Waals surface area (Å²) in [7, 11) is 1.85. The zero-order chi connectivity index (χ0) is 14.4.